The highest BCUT2D eigenvalue weighted by atomic mass is 19.4. The van der Waals surface area contributed by atoms with Crippen molar-refractivity contribution >= 4 is 0 Å². The zero-order valence-electron chi connectivity index (χ0n) is 12.4. The van der Waals surface area contributed by atoms with Gasteiger partial charge in [0, 0.05) is 0 Å². The van der Waals surface area contributed by atoms with Crippen LogP contribution in [0, 0.1) is 0 Å². The zero-order valence-corrected chi connectivity index (χ0v) is 12.4. The third kappa shape index (κ3) is 4.72. The summed E-state index contributed by atoms with van der Waals surface area (Å²) in [6, 6.07) is 0. The molecular weight excluding hydrogens is 479 g/mol. The Morgan fingerprint density at radius 3 is 1.10 bits per heavy atom. The fourth-order valence-corrected chi connectivity index (χ4v) is 1.14. The van der Waals surface area contributed by atoms with Gasteiger partial charge in [-0.15, -0.1) is 0 Å². The molecule has 0 spiro atoms. The van der Waals surface area contributed by atoms with E-state index in [-0.39, 0.29) is 0 Å². The van der Waals surface area contributed by atoms with Crippen molar-refractivity contribution in [1.82, 2.24) is 0 Å². The van der Waals surface area contributed by atoms with E-state index in [9.17, 15) is 74.6 Å². The summed E-state index contributed by atoms with van der Waals surface area (Å²) >= 11 is 0. The lowest BCUT2D eigenvalue weighted by atomic mass is 10.2. The third-order valence-corrected chi connectivity index (χ3v) is 2.65. The molecule has 2 atom stereocenters. The zero-order chi connectivity index (χ0) is 24.1. The van der Waals surface area contributed by atoms with E-state index in [4.69, 9.17) is 5.11 Å². The van der Waals surface area contributed by atoms with Crippen LogP contribution in [0.3, 0.4) is 0 Å². The van der Waals surface area contributed by atoms with E-state index >= 15 is 0 Å². The first kappa shape index (κ1) is 27.7. The minimum atomic E-state index is -7.92. The molecule has 176 valence electrons. The number of rotatable bonds is 7. The maximum Gasteiger partial charge on any atom is 0.462 e. The van der Waals surface area contributed by atoms with Crippen molar-refractivity contribution in [1.29, 1.82) is 0 Å². The van der Waals surface area contributed by atoms with Crippen LogP contribution in [0.1, 0.15) is 0 Å². The average Bonchev–Trinajstić information content (AvgIpc) is 2.42. The predicted octanol–water partition coefficient (Wildman–Crippen LogP) is 4.85. The molecule has 0 aromatic carbocycles. The molecule has 0 saturated carbocycles. The van der Waals surface area contributed by atoms with Gasteiger partial charge < -0.3 is 5.11 Å². The summed E-state index contributed by atoms with van der Waals surface area (Å²) in [5.74, 6) is -22.1. The van der Waals surface area contributed by atoms with Crippen LogP contribution in [0.25, 0.3) is 0 Å². The summed E-state index contributed by atoms with van der Waals surface area (Å²) in [5, 5.41) is 8.01. The Balaban J connectivity index is 6.48. The van der Waals surface area contributed by atoms with E-state index in [1.165, 1.54) is 4.74 Å². The maximum atomic E-state index is 13.5. The number of alkyl halides is 17. The molecule has 3 nitrogen and oxygen atoms in total. The molecule has 20 heteroatoms. The van der Waals surface area contributed by atoms with Gasteiger partial charge in [0.15, 0.2) is 0 Å². The van der Waals surface area contributed by atoms with E-state index in [1.807, 2.05) is 0 Å². The minimum absolute atomic E-state index is 1.26. The van der Waals surface area contributed by atoms with E-state index < -0.39 is 55.0 Å². The van der Waals surface area contributed by atoms with Gasteiger partial charge in [0.2, 0.25) is 0 Å². The number of halogens is 17. The van der Waals surface area contributed by atoms with Gasteiger partial charge in [0.05, 0.1) is 0 Å². The van der Waals surface area contributed by atoms with Crippen molar-refractivity contribution < 1.29 is 89.2 Å². The monoisotopic (exact) mass is 482 g/mol. The molecule has 0 heterocycles. The molecule has 0 bridgehead atoms. The fourth-order valence-electron chi connectivity index (χ4n) is 1.14. The molecule has 0 aliphatic rings. The normalized spacial score (nSPS) is 19.7. The van der Waals surface area contributed by atoms with Crippen molar-refractivity contribution in [3.63, 3.8) is 0 Å². The smallest absolute Gasteiger partial charge is 0.390 e. The van der Waals surface area contributed by atoms with Gasteiger partial charge in [-0.05, 0) is 0 Å². The van der Waals surface area contributed by atoms with Crippen LogP contribution in [-0.2, 0) is 9.47 Å². The number of hydrogen-bond donors (Lipinski definition) is 1. The van der Waals surface area contributed by atoms with Gasteiger partial charge in [-0.2, -0.15) is 74.6 Å². The molecule has 0 aliphatic carbocycles. The second-order valence-electron chi connectivity index (χ2n) is 4.79. The van der Waals surface area contributed by atoms with E-state index in [2.05, 4.69) is 0 Å². The third-order valence-electron chi connectivity index (χ3n) is 2.65. The Hall–Kier alpha value is -1.31. The highest BCUT2D eigenvalue weighted by Crippen LogP contribution is 2.56. The van der Waals surface area contributed by atoms with Crippen LogP contribution < -0.4 is 0 Å². The van der Waals surface area contributed by atoms with Crippen LogP contribution in [-0.4, -0.2) is 60.1 Å². The molecule has 2 unspecified atom stereocenters. The average molecular weight is 482 g/mol. The molecule has 1 N–H and O–H groups in total. The molecule has 0 saturated heterocycles. The van der Waals surface area contributed by atoms with Gasteiger partial charge in [-0.25, -0.2) is 0 Å². The van der Waals surface area contributed by atoms with Crippen LogP contribution in [0.15, 0.2) is 0 Å². The first-order valence-electron chi connectivity index (χ1n) is 5.95. The number of aliphatic hydroxyl groups excluding tert-OH is 1. The van der Waals surface area contributed by atoms with Gasteiger partial charge in [-0.3, -0.25) is 9.47 Å². The van der Waals surface area contributed by atoms with Crippen LogP contribution in [0.5, 0.6) is 0 Å². The van der Waals surface area contributed by atoms with Crippen molar-refractivity contribution in [2.45, 2.75) is 48.4 Å². The lowest BCUT2D eigenvalue weighted by Crippen LogP contribution is -2.67. The van der Waals surface area contributed by atoms with Crippen molar-refractivity contribution in [3.8, 4) is 0 Å². The van der Waals surface area contributed by atoms with Gasteiger partial charge in [0.1, 0.15) is 6.61 Å². The highest BCUT2D eigenvalue weighted by Gasteiger charge is 2.85. The van der Waals surface area contributed by atoms with Crippen molar-refractivity contribution in [3.05, 3.63) is 0 Å². The predicted molar refractivity (Wildman–Crippen MR) is 49.9 cm³/mol. The SMILES string of the molecule is OCC(F)(OC(F)(F)C(F)(OC(F)(F)C(F)(F)C(F)(F)F)C(F)(F)F)C(F)(F)F. The summed E-state index contributed by atoms with van der Waals surface area (Å²) in [4.78, 5) is 0. The van der Waals surface area contributed by atoms with Crippen LogP contribution in [0.2, 0.25) is 0 Å². The summed E-state index contributed by atoms with van der Waals surface area (Å²) in [5.41, 5.74) is 0. The number of hydrogen-bond acceptors (Lipinski definition) is 3. The Morgan fingerprint density at radius 2 is 0.862 bits per heavy atom. The lowest BCUT2D eigenvalue weighted by Gasteiger charge is -2.40. The Labute approximate surface area is 145 Å². The van der Waals surface area contributed by atoms with Gasteiger partial charge in [0.25, 0.3) is 0 Å². The van der Waals surface area contributed by atoms with E-state index in [1.54, 1.807) is 4.74 Å². The van der Waals surface area contributed by atoms with Gasteiger partial charge >= 0.3 is 48.4 Å². The quantitative estimate of drug-likeness (QED) is 0.528. The largest absolute Gasteiger partial charge is 0.462 e. The standard InChI is InChI=1S/C9H3F17O3/c10-2(1-27,5(14,15)16)28-9(25,26)4(13,7(20,21)22)29-8(23,24)3(11,12)6(17,18)19/h27H,1H2. The molecule has 0 radical (unpaired) electrons. The molecule has 0 amide bonds. The Kier molecular flexibility index (Phi) is 6.81. The molecule has 0 aromatic heterocycles. The molecular formula is C9H3F17O3. The number of ether oxygens (including phenoxy) is 2. The summed E-state index contributed by atoms with van der Waals surface area (Å²) in [6.45, 7) is -3.37. The molecule has 0 aliphatic heterocycles. The summed E-state index contributed by atoms with van der Waals surface area (Å²) in [7, 11) is 0. The van der Waals surface area contributed by atoms with Crippen molar-refractivity contribution in [2.24, 2.45) is 0 Å². The maximum absolute atomic E-state index is 13.5. The van der Waals surface area contributed by atoms with E-state index in [0.717, 1.165) is 0 Å². The molecule has 0 rings (SSSR count). The van der Waals surface area contributed by atoms with E-state index in [0.29, 0.717) is 0 Å². The summed E-state index contributed by atoms with van der Waals surface area (Å²) < 4.78 is 216. The Morgan fingerprint density at radius 1 is 0.483 bits per heavy atom. The highest BCUT2D eigenvalue weighted by molar-refractivity contribution is 4.94. The Bertz CT molecular complexity index is 576. The first-order chi connectivity index (χ1) is 12.2. The molecule has 29 heavy (non-hydrogen) atoms. The molecule has 0 fully saturated rings. The van der Waals surface area contributed by atoms with Crippen LogP contribution >= 0.6 is 0 Å². The van der Waals surface area contributed by atoms with Gasteiger partial charge in [-0.1, -0.05) is 0 Å². The minimum Gasteiger partial charge on any atom is -0.390 e. The fraction of sp³-hybridized carbons (Fsp3) is 1.00. The molecule has 0 aromatic rings. The lowest BCUT2D eigenvalue weighted by molar-refractivity contribution is -0.552. The second-order valence-corrected chi connectivity index (χ2v) is 4.79. The topological polar surface area (TPSA) is 38.7 Å². The van der Waals surface area contributed by atoms with Crippen molar-refractivity contribution in [2.75, 3.05) is 6.61 Å². The first-order valence-corrected chi connectivity index (χ1v) is 5.95. The number of aliphatic hydroxyl groups is 1. The second kappa shape index (κ2) is 7.13. The van der Waals surface area contributed by atoms with Crippen LogP contribution in [0.4, 0.5) is 74.6 Å². The summed E-state index contributed by atoms with van der Waals surface area (Å²) in [6.07, 6.45) is -37.9.